The Bertz CT molecular complexity index is 682. The molecule has 6 heteroatoms. The maximum atomic E-state index is 12.5. The molecule has 3 rings (SSSR count). The average Bonchev–Trinajstić information content (AvgIpc) is 3.13. The summed E-state index contributed by atoms with van der Waals surface area (Å²) in [5.74, 6) is 0.476. The van der Waals surface area contributed by atoms with Crippen LogP contribution in [-0.4, -0.2) is 22.2 Å². The van der Waals surface area contributed by atoms with E-state index in [1.165, 1.54) is 0 Å². The summed E-state index contributed by atoms with van der Waals surface area (Å²) in [6, 6.07) is 6.25. The third-order valence-electron chi connectivity index (χ3n) is 4.65. The standard InChI is InChI=1S/C17H24N4O.ClH/c1-11(2)21-16-8-14(7-6-13(16)10-19-21)20-17(22)15-5-3-4-12(15)9-18;/h6-8,10-12,15H,3-5,9,18H2,1-2H3,(H,20,22);1H/t12-,15-;/m1./s1. The van der Waals surface area contributed by atoms with Crippen LogP contribution in [0.3, 0.4) is 0 Å². The van der Waals surface area contributed by atoms with Gasteiger partial charge in [0, 0.05) is 23.0 Å². The average molecular weight is 337 g/mol. The minimum absolute atomic E-state index is 0. The van der Waals surface area contributed by atoms with E-state index in [0.29, 0.717) is 18.5 Å². The van der Waals surface area contributed by atoms with Crippen LogP contribution >= 0.6 is 12.4 Å². The van der Waals surface area contributed by atoms with Crippen LogP contribution in [0.1, 0.15) is 39.2 Å². The van der Waals surface area contributed by atoms with E-state index in [4.69, 9.17) is 5.73 Å². The fourth-order valence-electron chi connectivity index (χ4n) is 3.43. The first-order valence-corrected chi connectivity index (χ1v) is 8.08. The number of carbonyl (C=O) groups excluding carboxylic acids is 1. The Labute approximate surface area is 143 Å². The van der Waals surface area contributed by atoms with Crippen molar-refractivity contribution in [3.8, 4) is 0 Å². The van der Waals surface area contributed by atoms with Gasteiger partial charge in [0.2, 0.25) is 5.91 Å². The zero-order chi connectivity index (χ0) is 15.7. The fraction of sp³-hybridized carbons (Fsp3) is 0.529. The molecule has 1 saturated carbocycles. The van der Waals surface area contributed by atoms with Gasteiger partial charge in [0.1, 0.15) is 0 Å². The lowest BCUT2D eigenvalue weighted by Gasteiger charge is -2.17. The summed E-state index contributed by atoms with van der Waals surface area (Å²) in [4.78, 5) is 12.5. The van der Waals surface area contributed by atoms with Crippen molar-refractivity contribution in [2.45, 2.75) is 39.2 Å². The van der Waals surface area contributed by atoms with Gasteiger partial charge in [-0.05, 0) is 57.4 Å². The van der Waals surface area contributed by atoms with Crippen molar-refractivity contribution >= 4 is 34.9 Å². The van der Waals surface area contributed by atoms with Gasteiger partial charge in [-0.25, -0.2) is 0 Å². The smallest absolute Gasteiger partial charge is 0.227 e. The molecule has 0 unspecified atom stereocenters. The number of halogens is 1. The number of fused-ring (bicyclic) bond motifs is 1. The number of benzene rings is 1. The number of aromatic nitrogens is 2. The first-order chi connectivity index (χ1) is 10.6. The number of carbonyl (C=O) groups is 1. The third kappa shape index (κ3) is 3.51. The topological polar surface area (TPSA) is 72.9 Å². The zero-order valence-electron chi connectivity index (χ0n) is 13.7. The highest BCUT2D eigenvalue weighted by Crippen LogP contribution is 2.32. The van der Waals surface area contributed by atoms with Gasteiger partial charge in [-0.2, -0.15) is 5.10 Å². The molecule has 1 amide bonds. The second-order valence-corrected chi connectivity index (χ2v) is 6.48. The van der Waals surface area contributed by atoms with Gasteiger partial charge < -0.3 is 11.1 Å². The first-order valence-electron chi connectivity index (χ1n) is 8.08. The van der Waals surface area contributed by atoms with Crippen molar-refractivity contribution in [1.82, 2.24) is 9.78 Å². The van der Waals surface area contributed by atoms with Crippen molar-refractivity contribution in [1.29, 1.82) is 0 Å². The van der Waals surface area contributed by atoms with Crippen LogP contribution in [0.2, 0.25) is 0 Å². The molecule has 0 aliphatic heterocycles. The molecule has 3 N–H and O–H groups in total. The van der Waals surface area contributed by atoms with Gasteiger partial charge in [0.25, 0.3) is 0 Å². The lowest BCUT2D eigenvalue weighted by atomic mass is 9.95. The van der Waals surface area contributed by atoms with Crippen molar-refractivity contribution < 1.29 is 4.79 Å². The Morgan fingerprint density at radius 3 is 2.91 bits per heavy atom. The zero-order valence-corrected chi connectivity index (χ0v) is 14.5. The number of nitrogens with zero attached hydrogens (tertiary/aromatic N) is 2. The summed E-state index contributed by atoms with van der Waals surface area (Å²) >= 11 is 0. The van der Waals surface area contributed by atoms with E-state index in [1.54, 1.807) is 0 Å². The molecular weight excluding hydrogens is 312 g/mol. The largest absolute Gasteiger partial charge is 0.330 e. The number of nitrogens with one attached hydrogen (secondary N) is 1. The minimum atomic E-state index is 0. The van der Waals surface area contributed by atoms with Crippen LogP contribution in [-0.2, 0) is 4.79 Å². The molecule has 1 aliphatic carbocycles. The van der Waals surface area contributed by atoms with E-state index in [-0.39, 0.29) is 24.2 Å². The summed E-state index contributed by atoms with van der Waals surface area (Å²) in [5, 5.41) is 8.56. The molecule has 126 valence electrons. The normalized spacial score (nSPS) is 20.7. The maximum absolute atomic E-state index is 12.5. The van der Waals surface area contributed by atoms with Crippen molar-refractivity contribution in [3.63, 3.8) is 0 Å². The van der Waals surface area contributed by atoms with Crippen LogP contribution in [0.15, 0.2) is 24.4 Å². The van der Waals surface area contributed by atoms with Crippen LogP contribution in [0.5, 0.6) is 0 Å². The third-order valence-corrected chi connectivity index (χ3v) is 4.65. The Morgan fingerprint density at radius 2 is 2.22 bits per heavy atom. The van der Waals surface area contributed by atoms with Gasteiger partial charge >= 0.3 is 0 Å². The minimum Gasteiger partial charge on any atom is -0.330 e. The predicted octanol–water partition coefficient (Wildman–Crippen LogP) is 3.35. The SMILES string of the molecule is CC(C)n1ncc2ccc(NC(=O)[C@@H]3CCC[C@@H]3CN)cc21.Cl. The Morgan fingerprint density at radius 1 is 1.43 bits per heavy atom. The lowest BCUT2D eigenvalue weighted by molar-refractivity contribution is -0.120. The fourth-order valence-corrected chi connectivity index (χ4v) is 3.43. The predicted molar refractivity (Wildman–Crippen MR) is 95.9 cm³/mol. The van der Waals surface area contributed by atoms with E-state index in [1.807, 2.05) is 29.1 Å². The number of anilines is 1. The molecule has 2 aromatic rings. The summed E-state index contributed by atoms with van der Waals surface area (Å²) in [6.45, 7) is 4.79. The van der Waals surface area contributed by atoms with Crippen LogP contribution in [0.25, 0.3) is 10.9 Å². The monoisotopic (exact) mass is 336 g/mol. The Balaban J connectivity index is 0.00000192. The number of nitrogens with two attached hydrogens (primary N) is 1. The molecular formula is C17H25ClN4O. The summed E-state index contributed by atoms with van der Waals surface area (Å²) in [5.41, 5.74) is 7.66. The van der Waals surface area contributed by atoms with Crippen LogP contribution in [0, 0.1) is 11.8 Å². The van der Waals surface area contributed by atoms with Gasteiger partial charge in [-0.1, -0.05) is 6.42 Å². The molecule has 0 spiro atoms. The highest BCUT2D eigenvalue weighted by molar-refractivity contribution is 5.95. The Hall–Kier alpha value is -1.59. The highest BCUT2D eigenvalue weighted by atomic mass is 35.5. The first kappa shape index (κ1) is 17.8. The molecule has 1 aromatic heterocycles. The van der Waals surface area contributed by atoms with Crippen molar-refractivity contribution in [2.24, 2.45) is 17.6 Å². The number of hydrogen-bond donors (Lipinski definition) is 2. The van der Waals surface area contributed by atoms with Crippen LogP contribution < -0.4 is 11.1 Å². The molecule has 5 nitrogen and oxygen atoms in total. The molecule has 1 fully saturated rings. The summed E-state index contributed by atoms with van der Waals surface area (Å²) < 4.78 is 1.98. The molecule has 0 bridgehead atoms. The van der Waals surface area contributed by atoms with Gasteiger partial charge in [-0.3, -0.25) is 9.48 Å². The highest BCUT2D eigenvalue weighted by Gasteiger charge is 2.31. The van der Waals surface area contributed by atoms with E-state index in [0.717, 1.165) is 35.9 Å². The maximum Gasteiger partial charge on any atom is 0.227 e. The van der Waals surface area contributed by atoms with Crippen molar-refractivity contribution in [3.05, 3.63) is 24.4 Å². The quantitative estimate of drug-likeness (QED) is 0.899. The van der Waals surface area contributed by atoms with E-state index >= 15 is 0 Å². The van der Waals surface area contributed by atoms with E-state index in [9.17, 15) is 4.79 Å². The van der Waals surface area contributed by atoms with Gasteiger partial charge in [0.15, 0.2) is 0 Å². The number of amides is 1. The van der Waals surface area contributed by atoms with Gasteiger partial charge in [-0.15, -0.1) is 12.4 Å². The molecule has 0 radical (unpaired) electrons. The lowest BCUT2D eigenvalue weighted by Crippen LogP contribution is -2.29. The molecule has 1 aromatic carbocycles. The molecule has 1 heterocycles. The molecule has 1 aliphatic rings. The Kier molecular flexibility index (Phi) is 5.65. The molecule has 2 atom stereocenters. The summed E-state index contributed by atoms with van der Waals surface area (Å²) in [6.07, 6.45) is 4.97. The molecule has 23 heavy (non-hydrogen) atoms. The summed E-state index contributed by atoms with van der Waals surface area (Å²) in [7, 11) is 0. The van der Waals surface area contributed by atoms with E-state index in [2.05, 4.69) is 24.3 Å². The number of rotatable bonds is 4. The molecule has 0 saturated heterocycles. The van der Waals surface area contributed by atoms with Crippen molar-refractivity contribution in [2.75, 3.05) is 11.9 Å². The van der Waals surface area contributed by atoms with E-state index < -0.39 is 0 Å². The second-order valence-electron chi connectivity index (χ2n) is 6.48. The van der Waals surface area contributed by atoms with Crippen LogP contribution in [0.4, 0.5) is 5.69 Å². The number of hydrogen-bond acceptors (Lipinski definition) is 3. The second kappa shape index (κ2) is 7.32. The van der Waals surface area contributed by atoms with Gasteiger partial charge in [0.05, 0.1) is 11.7 Å².